The minimum Gasteiger partial charge on any atom is -0.463 e. The SMILES string of the molecule is CCCC(=O)OC[C@H](NC(=O)/C=C/c1ccccc1)C(=O)NC1CCCCC1. The van der Waals surface area contributed by atoms with Crippen LogP contribution in [0.25, 0.3) is 6.08 Å². The van der Waals surface area contributed by atoms with Gasteiger partial charge in [-0.25, -0.2) is 0 Å². The van der Waals surface area contributed by atoms with Crippen molar-refractivity contribution in [1.82, 2.24) is 10.6 Å². The molecule has 2 rings (SSSR count). The maximum atomic E-state index is 12.7. The minimum atomic E-state index is -0.907. The molecule has 0 radical (unpaired) electrons. The Labute approximate surface area is 166 Å². The van der Waals surface area contributed by atoms with Crippen molar-refractivity contribution in [2.75, 3.05) is 6.61 Å². The monoisotopic (exact) mass is 386 g/mol. The number of ether oxygens (including phenoxy) is 1. The summed E-state index contributed by atoms with van der Waals surface area (Å²) in [6.07, 6.45) is 9.26. The number of esters is 1. The van der Waals surface area contributed by atoms with Crippen LogP contribution in [0.15, 0.2) is 36.4 Å². The molecule has 1 aromatic rings. The number of hydrogen-bond acceptors (Lipinski definition) is 4. The lowest BCUT2D eigenvalue weighted by molar-refractivity contribution is -0.146. The highest BCUT2D eigenvalue weighted by molar-refractivity contribution is 5.95. The van der Waals surface area contributed by atoms with E-state index in [0.717, 1.165) is 31.2 Å². The fourth-order valence-electron chi connectivity index (χ4n) is 3.14. The van der Waals surface area contributed by atoms with Crippen molar-refractivity contribution >= 4 is 23.9 Å². The topological polar surface area (TPSA) is 84.5 Å². The lowest BCUT2D eigenvalue weighted by Crippen LogP contribution is -2.52. The van der Waals surface area contributed by atoms with E-state index in [0.29, 0.717) is 12.8 Å². The molecule has 1 aliphatic rings. The fraction of sp³-hybridized carbons (Fsp3) is 0.500. The average molecular weight is 386 g/mol. The molecule has 1 fully saturated rings. The number of hydrogen-bond donors (Lipinski definition) is 2. The van der Waals surface area contributed by atoms with Crippen molar-refractivity contribution in [3.05, 3.63) is 42.0 Å². The van der Waals surface area contributed by atoms with Crippen LogP contribution in [0.5, 0.6) is 0 Å². The van der Waals surface area contributed by atoms with Gasteiger partial charge in [-0.1, -0.05) is 56.5 Å². The first-order valence-electron chi connectivity index (χ1n) is 10.1. The Balaban J connectivity index is 1.95. The molecule has 1 aliphatic carbocycles. The molecule has 0 spiro atoms. The minimum absolute atomic E-state index is 0.117. The standard InChI is InChI=1S/C22H30N2O4/c1-2-9-21(26)28-16-19(22(27)23-18-12-7-4-8-13-18)24-20(25)15-14-17-10-5-3-6-11-17/h3,5-6,10-11,14-15,18-19H,2,4,7-9,12-13,16H2,1H3,(H,23,27)(H,24,25)/b15-14+/t19-/m0/s1. The van der Waals surface area contributed by atoms with Crippen LogP contribution in [0.4, 0.5) is 0 Å². The van der Waals surface area contributed by atoms with Crippen LogP contribution in [-0.4, -0.2) is 36.5 Å². The third-order valence-corrected chi connectivity index (χ3v) is 4.68. The maximum Gasteiger partial charge on any atom is 0.305 e. The van der Waals surface area contributed by atoms with E-state index in [1.54, 1.807) is 6.08 Å². The number of benzene rings is 1. The van der Waals surface area contributed by atoms with Crippen molar-refractivity contribution in [2.24, 2.45) is 0 Å². The van der Waals surface area contributed by atoms with Crippen LogP contribution in [-0.2, 0) is 19.1 Å². The molecule has 0 aromatic heterocycles. The molecule has 6 nitrogen and oxygen atoms in total. The number of carbonyl (C=O) groups excluding carboxylic acids is 3. The quantitative estimate of drug-likeness (QED) is 0.505. The van der Waals surface area contributed by atoms with E-state index >= 15 is 0 Å². The van der Waals surface area contributed by atoms with E-state index < -0.39 is 11.9 Å². The first-order valence-corrected chi connectivity index (χ1v) is 10.1. The molecule has 152 valence electrons. The Morgan fingerprint density at radius 2 is 1.86 bits per heavy atom. The zero-order valence-corrected chi connectivity index (χ0v) is 16.5. The van der Waals surface area contributed by atoms with Gasteiger partial charge in [-0.15, -0.1) is 0 Å². The van der Waals surface area contributed by atoms with Crippen LogP contribution in [0.3, 0.4) is 0 Å². The summed E-state index contributed by atoms with van der Waals surface area (Å²) in [5.74, 6) is -1.08. The third kappa shape index (κ3) is 7.94. The molecule has 6 heteroatoms. The van der Waals surface area contributed by atoms with Crippen molar-refractivity contribution in [2.45, 2.75) is 64.0 Å². The van der Waals surface area contributed by atoms with Gasteiger partial charge in [-0.2, -0.15) is 0 Å². The van der Waals surface area contributed by atoms with Crippen molar-refractivity contribution in [3.63, 3.8) is 0 Å². The molecule has 1 atom stereocenters. The van der Waals surface area contributed by atoms with Crippen LogP contribution in [0.1, 0.15) is 57.4 Å². The van der Waals surface area contributed by atoms with E-state index in [1.807, 2.05) is 37.3 Å². The van der Waals surface area contributed by atoms with Crippen LogP contribution < -0.4 is 10.6 Å². The first kappa shape index (κ1) is 21.7. The van der Waals surface area contributed by atoms with Gasteiger partial charge in [0.05, 0.1) is 0 Å². The van der Waals surface area contributed by atoms with Crippen molar-refractivity contribution < 1.29 is 19.1 Å². The van der Waals surface area contributed by atoms with E-state index in [9.17, 15) is 14.4 Å². The van der Waals surface area contributed by atoms with Crippen LogP contribution in [0, 0.1) is 0 Å². The summed E-state index contributed by atoms with van der Waals surface area (Å²) in [7, 11) is 0. The molecule has 0 aliphatic heterocycles. The summed E-state index contributed by atoms with van der Waals surface area (Å²) < 4.78 is 5.18. The molecule has 1 saturated carbocycles. The summed E-state index contributed by atoms with van der Waals surface area (Å²) in [6.45, 7) is 1.72. The maximum absolute atomic E-state index is 12.7. The average Bonchev–Trinajstić information content (AvgIpc) is 2.71. The molecule has 0 bridgehead atoms. The van der Waals surface area contributed by atoms with Gasteiger partial charge in [-0.05, 0) is 30.9 Å². The lowest BCUT2D eigenvalue weighted by Gasteiger charge is -2.25. The Hall–Kier alpha value is -2.63. The van der Waals surface area contributed by atoms with Gasteiger partial charge >= 0.3 is 5.97 Å². The van der Waals surface area contributed by atoms with Gasteiger partial charge in [0.2, 0.25) is 11.8 Å². The second kappa shape index (κ2) is 12.0. The lowest BCUT2D eigenvalue weighted by atomic mass is 9.95. The number of nitrogens with one attached hydrogen (secondary N) is 2. The van der Waals surface area contributed by atoms with E-state index in [4.69, 9.17) is 4.74 Å². The molecule has 0 unspecified atom stereocenters. The van der Waals surface area contributed by atoms with Crippen LogP contribution >= 0.6 is 0 Å². The summed E-state index contributed by atoms with van der Waals surface area (Å²) in [4.78, 5) is 36.6. The zero-order valence-electron chi connectivity index (χ0n) is 16.5. The summed E-state index contributed by atoms with van der Waals surface area (Å²) in [5, 5.41) is 5.64. The normalized spacial score (nSPS) is 15.8. The molecular weight excluding hydrogens is 356 g/mol. The Kier molecular flexibility index (Phi) is 9.25. The summed E-state index contributed by atoms with van der Waals surface area (Å²) in [6, 6.07) is 8.62. The predicted octanol–water partition coefficient (Wildman–Crippen LogP) is 2.98. The van der Waals surface area contributed by atoms with Gasteiger partial charge in [0.25, 0.3) is 0 Å². The Morgan fingerprint density at radius 1 is 1.14 bits per heavy atom. The van der Waals surface area contributed by atoms with Gasteiger partial charge in [0, 0.05) is 18.5 Å². The highest BCUT2D eigenvalue weighted by Gasteiger charge is 2.25. The molecule has 0 heterocycles. The Bertz CT molecular complexity index is 666. The Morgan fingerprint density at radius 3 is 2.54 bits per heavy atom. The van der Waals surface area contributed by atoms with Gasteiger partial charge in [-0.3, -0.25) is 14.4 Å². The molecule has 2 N–H and O–H groups in total. The highest BCUT2D eigenvalue weighted by Crippen LogP contribution is 2.17. The second-order valence-electron chi connectivity index (χ2n) is 7.08. The first-order chi connectivity index (χ1) is 13.6. The molecule has 1 aromatic carbocycles. The predicted molar refractivity (Wildman–Crippen MR) is 108 cm³/mol. The molecule has 0 saturated heterocycles. The van der Waals surface area contributed by atoms with E-state index in [2.05, 4.69) is 10.6 Å². The number of amides is 2. The number of rotatable bonds is 9. The second-order valence-corrected chi connectivity index (χ2v) is 7.08. The molecular formula is C22H30N2O4. The molecule has 2 amide bonds. The van der Waals surface area contributed by atoms with Crippen LogP contribution in [0.2, 0.25) is 0 Å². The van der Waals surface area contributed by atoms with Crippen molar-refractivity contribution in [1.29, 1.82) is 0 Å². The highest BCUT2D eigenvalue weighted by atomic mass is 16.5. The van der Waals surface area contributed by atoms with Crippen molar-refractivity contribution in [3.8, 4) is 0 Å². The summed E-state index contributed by atoms with van der Waals surface area (Å²) in [5.41, 5.74) is 0.884. The summed E-state index contributed by atoms with van der Waals surface area (Å²) >= 11 is 0. The zero-order chi connectivity index (χ0) is 20.2. The smallest absolute Gasteiger partial charge is 0.305 e. The molecule has 28 heavy (non-hydrogen) atoms. The van der Waals surface area contributed by atoms with Gasteiger partial charge in [0.1, 0.15) is 12.6 Å². The van der Waals surface area contributed by atoms with Gasteiger partial charge in [0.15, 0.2) is 0 Å². The number of carbonyl (C=O) groups is 3. The third-order valence-electron chi connectivity index (χ3n) is 4.68. The fourth-order valence-corrected chi connectivity index (χ4v) is 3.14. The van der Waals surface area contributed by atoms with Gasteiger partial charge < -0.3 is 15.4 Å². The van der Waals surface area contributed by atoms with E-state index in [-0.39, 0.29) is 24.5 Å². The largest absolute Gasteiger partial charge is 0.463 e. The van der Waals surface area contributed by atoms with E-state index in [1.165, 1.54) is 12.5 Å².